The van der Waals surface area contributed by atoms with Gasteiger partial charge in [-0.05, 0) is 74.7 Å². The van der Waals surface area contributed by atoms with Crippen molar-refractivity contribution in [3.8, 4) is 0 Å². The van der Waals surface area contributed by atoms with Crippen LogP contribution in [0.5, 0.6) is 0 Å². The van der Waals surface area contributed by atoms with E-state index in [4.69, 9.17) is 9.47 Å². The van der Waals surface area contributed by atoms with E-state index in [0.717, 1.165) is 44.9 Å². The summed E-state index contributed by atoms with van der Waals surface area (Å²) in [7, 11) is 0. The second-order valence-electron chi connectivity index (χ2n) is 8.38. The molecule has 3 saturated carbocycles. The molecule has 3 aliphatic carbocycles. The van der Waals surface area contributed by atoms with Crippen molar-refractivity contribution in [1.82, 2.24) is 0 Å². The Morgan fingerprint density at radius 1 is 1.04 bits per heavy atom. The van der Waals surface area contributed by atoms with Crippen LogP contribution in [-0.2, 0) is 19.1 Å². The molecule has 24 heavy (non-hydrogen) atoms. The van der Waals surface area contributed by atoms with E-state index in [-0.39, 0.29) is 29.9 Å². The van der Waals surface area contributed by atoms with Crippen LogP contribution in [0.4, 0.5) is 0 Å². The first-order valence-corrected chi connectivity index (χ1v) is 9.56. The first-order chi connectivity index (χ1) is 11.5. The predicted molar refractivity (Wildman–Crippen MR) is 88.9 cm³/mol. The third kappa shape index (κ3) is 2.73. The first-order valence-electron chi connectivity index (χ1n) is 9.56. The van der Waals surface area contributed by atoms with Crippen molar-refractivity contribution < 1.29 is 19.1 Å². The highest BCUT2D eigenvalue weighted by Crippen LogP contribution is 2.62. The van der Waals surface area contributed by atoms with E-state index in [1.54, 1.807) is 0 Å². The Kier molecular flexibility index (Phi) is 4.27. The van der Waals surface area contributed by atoms with Gasteiger partial charge in [0.25, 0.3) is 0 Å². The number of Topliss-reactive ketones (excluding diaryl/α,β-unsaturated/α-hetero) is 1. The second kappa shape index (κ2) is 6.29. The molecule has 1 heterocycles. The summed E-state index contributed by atoms with van der Waals surface area (Å²) in [6.45, 7) is 6.33. The molecule has 0 spiro atoms. The van der Waals surface area contributed by atoms with Gasteiger partial charge < -0.3 is 9.47 Å². The van der Waals surface area contributed by atoms with E-state index in [0.29, 0.717) is 35.9 Å². The van der Waals surface area contributed by atoms with Crippen LogP contribution in [0.25, 0.3) is 0 Å². The van der Waals surface area contributed by atoms with Crippen LogP contribution in [0.3, 0.4) is 0 Å². The monoisotopic (exact) mass is 332 g/mol. The highest BCUT2D eigenvalue weighted by Gasteiger charge is 2.58. The molecular weight excluding hydrogens is 304 g/mol. The van der Waals surface area contributed by atoms with E-state index in [2.05, 4.69) is 6.58 Å². The summed E-state index contributed by atoms with van der Waals surface area (Å²) in [5.74, 6) is 2.53. The van der Waals surface area contributed by atoms with E-state index >= 15 is 0 Å². The molecule has 2 bridgehead atoms. The summed E-state index contributed by atoms with van der Waals surface area (Å²) < 4.78 is 11.2. The summed E-state index contributed by atoms with van der Waals surface area (Å²) in [5, 5.41) is 0. The minimum absolute atomic E-state index is 0.0282. The maximum atomic E-state index is 12.6. The second-order valence-corrected chi connectivity index (χ2v) is 8.38. The Hall–Kier alpha value is -1.16. The summed E-state index contributed by atoms with van der Waals surface area (Å²) >= 11 is 0. The van der Waals surface area contributed by atoms with Gasteiger partial charge in [-0.25, -0.2) is 0 Å². The van der Waals surface area contributed by atoms with Gasteiger partial charge in [-0.1, -0.05) is 6.58 Å². The Morgan fingerprint density at radius 2 is 1.83 bits per heavy atom. The van der Waals surface area contributed by atoms with Crippen molar-refractivity contribution in [2.75, 3.05) is 6.61 Å². The van der Waals surface area contributed by atoms with E-state index in [1.165, 1.54) is 0 Å². The zero-order valence-corrected chi connectivity index (χ0v) is 14.5. The van der Waals surface area contributed by atoms with E-state index < -0.39 is 0 Å². The van der Waals surface area contributed by atoms with Gasteiger partial charge in [-0.15, -0.1) is 0 Å². The highest BCUT2D eigenvalue weighted by atomic mass is 16.7. The molecule has 4 heteroatoms. The molecule has 7 unspecified atom stereocenters. The minimum Gasteiger partial charge on any atom is -0.436 e. The number of allylic oxidation sites excluding steroid dienone is 1. The summed E-state index contributed by atoms with van der Waals surface area (Å²) in [4.78, 5) is 24.9. The predicted octanol–water partition coefficient (Wildman–Crippen LogP) is 3.50. The lowest BCUT2D eigenvalue weighted by Crippen LogP contribution is -2.34. The number of ketones is 1. The molecule has 0 aromatic rings. The van der Waals surface area contributed by atoms with Crippen LogP contribution in [0.15, 0.2) is 12.2 Å². The molecule has 1 saturated heterocycles. The van der Waals surface area contributed by atoms with Gasteiger partial charge in [0.2, 0.25) is 6.29 Å². The number of esters is 1. The molecule has 7 atom stereocenters. The van der Waals surface area contributed by atoms with Crippen LogP contribution in [0.1, 0.15) is 51.9 Å². The highest BCUT2D eigenvalue weighted by molar-refractivity contribution is 5.96. The summed E-state index contributed by atoms with van der Waals surface area (Å²) in [6, 6.07) is 0. The topological polar surface area (TPSA) is 52.6 Å². The third-order valence-electron chi connectivity index (χ3n) is 6.95. The van der Waals surface area contributed by atoms with Gasteiger partial charge >= 0.3 is 5.97 Å². The van der Waals surface area contributed by atoms with Crippen LogP contribution >= 0.6 is 0 Å². The normalized spacial score (nSPS) is 43.5. The molecule has 4 rings (SSSR count). The van der Waals surface area contributed by atoms with Crippen molar-refractivity contribution in [1.29, 1.82) is 0 Å². The fourth-order valence-corrected chi connectivity index (χ4v) is 5.93. The Balaban J connectivity index is 1.39. The standard InChI is InChI=1S/C20H28O4/c1-11(2)19(21)13-9-14-12-7-16(15(14)10-13)17(8-12)20(22)24-18-5-3-4-6-23-18/h12-18H,1,3-10H2,2H3. The molecule has 132 valence electrons. The average molecular weight is 332 g/mol. The van der Waals surface area contributed by atoms with Gasteiger partial charge in [-0.2, -0.15) is 0 Å². The van der Waals surface area contributed by atoms with Crippen molar-refractivity contribution in [3.63, 3.8) is 0 Å². The number of hydrogen-bond donors (Lipinski definition) is 0. The summed E-state index contributed by atoms with van der Waals surface area (Å²) in [6.07, 6.45) is 6.68. The SMILES string of the molecule is C=C(C)C(=O)C1CC2C3CC(C(=O)OC4CCCCO4)C(C3)C2C1. The molecule has 0 radical (unpaired) electrons. The fraction of sp³-hybridized carbons (Fsp3) is 0.800. The zero-order valence-electron chi connectivity index (χ0n) is 14.5. The Bertz CT molecular complexity index is 548. The van der Waals surface area contributed by atoms with Crippen molar-refractivity contribution in [3.05, 3.63) is 12.2 Å². The van der Waals surface area contributed by atoms with E-state index in [9.17, 15) is 9.59 Å². The third-order valence-corrected chi connectivity index (χ3v) is 6.95. The van der Waals surface area contributed by atoms with Crippen LogP contribution in [0, 0.1) is 35.5 Å². The lowest BCUT2D eigenvalue weighted by atomic mass is 9.76. The molecular formula is C20H28O4. The fourth-order valence-electron chi connectivity index (χ4n) is 5.93. The molecule has 4 fully saturated rings. The van der Waals surface area contributed by atoms with Gasteiger partial charge in [0.15, 0.2) is 5.78 Å². The van der Waals surface area contributed by atoms with Gasteiger partial charge in [0.1, 0.15) is 0 Å². The first kappa shape index (κ1) is 16.3. The smallest absolute Gasteiger partial charge is 0.311 e. The number of ether oxygens (including phenoxy) is 2. The number of hydrogen-bond acceptors (Lipinski definition) is 4. The summed E-state index contributed by atoms with van der Waals surface area (Å²) in [5.41, 5.74) is 0.678. The van der Waals surface area contributed by atoms with Gasteiger partial charge in [0, 0.05) is 12.3 Å². The van der Waals surface area contributed by atoms with Gasteiger partial charge in [0.05, 0.1) is 12.5 Å². The van der Waals surface area contributed by atoms with Crippen LogP contribution in [0.2, 0.25) is 0 Å². The molecule has 0 aromatic heterocycles. The molecule has 4 nitrogen and oxygen atoms in total. The van der Waals surface area contributed by atoms with Crippen molar-refractivity contribution in [2.24, 2.45) is 35.5 Å². The maximum absolute atomic E-state index is 12.6. The maximum Gasteiger partial charge on any atom is 0.311 e. The average Bonchev–Trinajstić information content (AvgIpc) is 3.26. The van der Waals surface area contributed by atoms with Gasteiger partial charge in [-0.3, -0.25) is 9.59 Å². The molecule has 0 N–H and O–H groups in total. The number of carbonyl (C=O) groups is 2. The molecule has 0 aromatic carbocycles. The Morgan fingerprint density at radius 3 is 2.54 bits per heavy atom. The molecule has 4 aliphatic rings. The minimum atomic E-state index is -0.331. The van der Waals surface area contributed by atoms with Crippen molar-refractivity contribution >= 4 is 11.8 Å². The largest absolute Gasteiger partial charge is 0.436 e. The van der Waals surface area contributed by atoms with E-state index in [1.807, 2.05) is 6.92 Å². The number of carbonyl (C=O) groups excluding carboxylic acids is 2. The molecule has 1 aliphatic heterocycles. The van der Waals surface area contributed by atoms with Crippen LogP contribution in [-0.4, -0.2) is 24.6 Å². The number of fused-ring (bicyclic) bond motifs is 5. The zero-order chi connectivity index (χ0) is 16.8. The quantitative estimate of drug-likeness (QED) is 0.584. The number of rotatable bonds is 4. The van der Waals surface area contributed by atoms with Crippen LogP contribution < -0.4 is 0 Å². The Labute approximate surface area is 144 Å². The molecule has 0 amide bonds. The lowest BCUT2D eigenvalue weighted by Gasteiger charge is -2.31. The van der Waals surface area contributed by atoms with Crippen molar-refractivity contribution in [2.45, 2.75) is 58.2 Å². The lowest BCUT2D eigenvalue weighted by molar-refractivity contribution is -0.193.